The molecule has 2 amide bonds. The first-order valence-electron chi connectivity index (χ1n) is 9.65. The van der Waals surface area contributed by atoms with Gasteiger partial charge in [0.15, 0.2) is 0 Å². The predicted molar refractivity (Wildman–Crippen MR) is 91.9 cm³/mol. The molecular formula is C18H28F3N3O3. The van der Waals surface area contributed by atoms with Crippen LogP contribution in [0.4, 0.5) is 13.2 Å². The van der Waals surface area contributed by atoms with Crippen molar-refractivity contribution in [2.24, 2.45) is 5.92 Å². The summed E-state index contributed by atoms with van der Waals surface area (Å²) in [6, 6.07) is 0.0572. The Morgan fingerprint density at radius 2 is 1.85 bits per heavy atom. The quantitative estimate of drug-likeness (QED) is 0.729. The SMILES string of the molecule is CC1CN(CC2CCCN2C(=O)C2CC(=O)N(CC(F)(F)F)C2)CC(C)O1. The van der Waals surface area contributed by atoms with Gasteiger partial charge in [-0.3, -0.25) is 14.5 Å². The van der Waals surface area contributed by atoms with Crippen molar-refractivity contribution in [1.29, 1.82) is 0 Å². The molecule has 0 aromatic rings. The second kappa shape index (κ2) is 7.95. The minimum absolute atomic E-state index is 0.0572. The average Bonchev–Trinajstić information content (AvgIpc) is 3.11. The van der Waals surface area contributed by atoms with Crippen LogP contribution in [0.5, 0.6) is 0 Å². The van der Waals surface area contributed by atoms with Crippen LogP contribution < -0.4 is 0 Å². The minimum atomic E-state index is -4.44. The van der Waals surface area contributed by atoms with Crippen LogP contribution in [0.3, 0.4) is 0 Å². The molecule has 154 valence electrons. The van der Waals surface area contributed by atoms with E-state index in [4.69, 9.17) is 4.74 Å². The summed E-state index contributed by atoms with van der Waals surface area (Å²) in [6.07, 6.45) is -2.50. The van der Waals surface area contributed by atoms with Crippen LogP contribution in [0.2, 0.25) is 0 Å². The van der Waals surface area contributed by atoms with E-state index >= 15 is 0 Å². The maximum absolute atomic E-state index is 12.9. The zero-order valence-electron chi connectivity index (χ0n) is 15.9. The number of carbonyl (C=O) groups is 2. The molecule has 3 aliphatic rings. The van der Waals surface area contributed by atoms with Crippen molar-refractivity contribution >= 4 is 11.8 Å². The zero-order valence-corrected chi connectivity index (χ0v) is 15.9. The van der Waals surface area contributed by atoms with E-state index in [1.807, 2.05) is 13.8 Å². The fraction of sp³-hybridized carbons (Fsp3) is 0.889. The molecule has 9 heteroatoms. The number of alkyl halides is 3. The molecule has 0 aliphatic carbocycles. The largest absolute Gasteiger partial charge is 0.406 e. The molecular weight excluding hydrogens is 363 g/mol. The predicted octanol–water partition coefficient (Wildman–Crippen LogP) is 1.50. The van der Waals surface area contributed by atoms with Crippen LogP contribution >= 0.6 is 0 Å². The summed E-state index contributed by atoms with van der Waals surface area (Å²) < 4.78 is 43.5. The molecule has 4 atom stereocenters. The van der Waals surface area contributed by atoms with Gasteiger partial charge in [-0.2, -0.15) is 13.2 Å². The van der Waals surface area contributed by atoms with Crippen LogP contribution in [0.25, 0.3) is 0 Å². The lowest BCUT2D eigenvalue weighted by molar-refractivity contribution is -0.157. The van der Waals surface area contributed by atoms with Crippen LogP contribution in [-0.4, -0.2) is 90.2 Å². The topological polar surface area (TPSA) is 53.1 Å². The van der Waals surface area contributed by atoms with E-state index in [-0.39, 0.29) is 37.1 Å². The van der Waals surface area contributed by atoms with Crippen LogP contribution in [0.15, 0.2) is 0 Å². The van der Waals surface area contributed by atoms with Gasteiger partial charge in [-0.1, -0.05) is 0 Å². The second-order valence-electron chi connectivity index (χ2n) is 8.09. The number of morpholine rings is 1. The molecule has 0 radical (unpaired) electrons. The number of rotatable bonds is 4. The number of likely N-dealkylation sites (tertiary alicyclic amines) is 2. The monoisotopic (exact) mass is 391 g/mol. The highest BCUT2D eigenvalue weighted by Gasteiger charge is 2.43. The van der Waals surface area contributed by atoms with E-state index in [9.17, 15) is 22.8 Å². The van der Waals surface area contributed by atoms with Crippen molar-refractivity contribution in [3.05, 3.63) is 0 Å². The maximum Gasteiger partial charge on any atom is 0.406 e. The first kappa shape index (κ1) is 20.4. The summed E-state index contributed by atoms with van der Waals surface area (Å²) in [4.78, 5) is 29.6. The molecule has 6 nitrogen and oxygen atoms in total. The summed E-state index contributed by atoms with van der Waals surface area (Å²) in [5, 5.41) is 0. The van der Waals surface area contributed by atoms with Gasteiger partial charge in [0.2, 0.25) is 11.8 Å². The number of halogens is 3. The van der Waals surface area contributed by atoms with Gasteiger partial charge >= 0.3 is 6.18 Å². The molecule has 3 aliphatic heterocycles. The molecule has 3 rings (SSSR count). The number of carbonyl (C=O) groups excluding carboxylic acids is 2. The fourth-order valence-electron chi connectivity index (χ4n) is 4.59. The van der Waals surface area contributed by atoms with Gasteiger partial charge in [-0.15, -0.1) is 0 Å². The molecule has 0 aromatic heterocycles. The molecule has 0 saturated carbocycles. The normalized spacial score (nSPS) is 33.1. The van der Waals surface area contributed by atoms with Crippen molar-refractivity contribution in [2.45, 2.75) is 57.5 Å². The summed E-state index contributed by atoms with van der Waals surface area (Å²) in [7, 11) is 0. The summed E-state index contributed by atoms with van der Waals surface area (Å²) in [5.74, 6) is -1.43. The zero-order chi connectivity index (χ0) is 19.8. The molecule has 0 aromatic carbocycles. The lowest BCUT2D eigenvalue weighted by atomic mass is 10.1. The van der Waals surface area contributed by atoms with Crippen molar-refractivity contribution in [3.8, 4) is 0 Å². The van der Waals surface area contributed by atoms with Crippen molar-refractivity contribution in [3.63, 3.8) is 0 Å². The number of nitrogens with zero attached hydrogens (tertiary/aromatic N) is 3. The highest BCUT2D eigenvalue weighted by Crippen LogP contribution is 2.28. The second-order valence-corrected chi connectivity index (χ2v) is 8.09. The molecule has 0 spiro atoms. The van der Waals surface area contributed by atoms with E-state index in [0.29, 0.717) is 6.54 Å². The highest BCUT2D eigenvalue weighted by atomic mass is 19.4. The van der Waals surface area contributed by atoms with E-state index < -0.39 is 24.5 Å². The van der Waals surface area contributed by atoms with Crippen LogP contribution in [0.1, 0.15) is 33.1 Å². The third-order valence-electron chi connectivity index (χ3n) is 5.56. The third kappa shape index (κ3) is 5.13. The lowest BCUT2D eigenvalue weighted by Crippen LogP contribution is -2.51. The summed E-state index contributed by atoms with van der Waals surface area (Å²) >= 11 is 0. The van der Waals surface area contributed by atoms with Crippen LogP contribution in [0, 0.1) is 5.92 Å². The Morgan fingerprint density at radius 3 is 2.48 bits per heavy atom. The molecule has 3 saturated heterocycles. The van der Waals surface area contributed by atoms with Crippen molar-refractivity contribution in [2.75, 3.05) is 39.3 Å². The molecule has 3 heterocycles. The van der Waals surface area contributed by atoms with E-state index in [1.165, 1.54) is 0 Å². The minimum Gasteiger partial charge on any atom is -0.373 e. The van der Waals surface area contributed by atoms with E-state index in [0.717, 1.165) is 37.4 Å². The molecule has 0 N–H and O–H groups in total. The van der Waals surface area contributed by atoms with Crippen LogP contribution in [-0.2, 0) is 14.3 Å². The van der Waals surface area contributed by atoms with Gasteiger partial charge in [-0.05, 0) is 26.7 Å². The first-order chi connectivity index (χ1) is 12.6. The standard InChI is InChI=1S/C18H28F3N3O3/c1-12-7-22(8-13(2)27-12)10-15-4-3-5-24(15)17(26)14-6-16(25)23(9-14)11-18(19,20)21/h12-15H,3-11H2,1-2H3. The Morgan fingerprint density at radius 1 is 1.19 bits per heavy atom. The molecule has 0 bridgehead atoms. The van der Waals surface area contributed by atoms with Gasteiger partial charge < -0.3 is 14.5 Å². The third-order valence-corrected chi connectivity index (χ3v) is 5.56. The smallest absolute Gasteiger partial charge is 0.373 e. The van der Waals surface area contributed by atoms with Gasteiger partial charge in [0, 0.05) is 45.2 Å². The van der Waals surface area contributed by atoms with E-state index in [1.54, 1.807) is 4.90 Å². The maximum atomic E-state index is 12.9. The molecule has 4 unspecified atom stereocenters. The summed E-state index contributed by atoms with van der Waals surface area (Å²) in [5.41, 5.74) is 0. The Labute approximate surface area is 157 Å². The Hall–Kier alpha value is -1.35. The Kier molecular flexibility index (Phi) is 6.00. The van der Waals surface area contributed by atoms with Gasteiger partial charge in [0.25, 0.3) is 0 Å². The Bertz CT molecular complexity index is 562. The van der Waals surface area contributed by atoms with Gasteiger partial charge in [-0.25, -0.2) is 0 Å². The van der Waals surface area contributed by atoms with Gasteiger partial charge in [0.1, 0.15) is 6.54 Å². The van der Waals surface area contributed by atoms with Gasteiger partial charge in [0.05, 0.1) is 18.1 Å². The number of hydrogen-bond donors (Lipinski definition) is 0. The molecule has 3 fully saturated rings. The number of amides is 2. The molecule has 27 heavy (non-hydrogen) atoms. The van der Waals surface area contributed by atoms with Crippen molar-refractivity contribution < 1.29 is 27.5 Å². The van der Waals surface area contributed by atoms with E-state index in [2.05, 4.69) is 4.90 Å². The number of ether oxygens (including phenoxy) is 1. The number of hydrogen-bond acceptors (Lipinski definition) is 4. The Balaban J connectivity index is 1.58. The first-order valence-corrected chi connectivity index (χ1v) is 9.65. The lowest BCUT2D eigenvalue weighted by Gasteiger charge is -2.38. The summed E-state index contributed by atoms with van der Waals surface area (Å²) in [6.45, 7) is 5.63. The highest BCUT2D eigenvalue weighted by molar-refractivity contribution is 5.89. The van der Waals surface area contributed by atoms with Crippen molar-refractivity contribution in [1.82, 2.24) is 14.7 Å². The average molecular weight is 391 g/mol. The fourth-order valence-corrected chi connectivity index (χ4v) is 4.59.